The predicted octanol–water partition coefficient (Wildman–Crippen LogP) is 6.00. The number of anilines is 2. The highest BCUT2D eigenvalue weighted by Gasteiger charge is 2.15. The molecule has 150 valence electrons. The fourth-order valence-corrected chi connectivity index (χ4v) is 2.97. The van der Waals surface area contributed by atoms with Crippen LogP contribution < -0.4 is 10.1 Å². The predicted molar refractivity (Wildman–Crippen MR) is 117 cm³/mol. The molecule has 7 heteroatoms. The van der Waals surface area contributed by atoms with Crippen molar-refractivity contribution in [2.45, 2.75) is 6.92 Å². The number of nitrogens with zero attached hydrogens (tertiary/aromatic N) is 2. The number of rotatable bonds is 6. The summed E-state index contributed by atoms with van der Waals surface area (Å²) in [6.45, 7) is 2.00. The molecular formula is C23H18ClN3O3. The lowest BCUT2D eigenvalue weighted by molar-refractivity contribution is 0.0512. The molecule has 0 spiro atoms. The topological polar surface area (TPSA) is 73.3 Å². The van der Waals surface area contributed by atoms with E-state index in [0.29, 0.717) is 27.9 Å². The van der Waals surface area contributed by atoms with Gasteiger partial charge < -0.3 is 14.8 Å². The Morgan fingerprint density at radius 3 is 2.30 bits per heavy atom. The molecule has 0 aliphatic heterocycles. The molecule has 0 bridgehead atoms. The molecule has 0 radical (unpaired) electrons. The van der Waals surface area contributed by atoms with Crippen molar-refractivity contribution < 1.29 is 14.3 Å². The van der Waals surface area contributed by atoms with E-state index in [1.54, 1.807) is 31.2 Å². The number of nitrogens with one attached hydrogen (secondary N) is 1. The zero-order valence-corrected chi connectivity index (χ0v) is 16.9. The lowest BCUT2D eigenvalue weighted by Crippen LogP contribution is -2.11. The number of fused-ring (bicyclic) bond motifs is 1. The monoisotopic (exact) mass is 419 g/mol. The van der Waals surface area contributed by atoms with Gasteiger partial charge >= 0.3 is 5.97 Å². The van der Waals surface area contributed by atoms with Crippen molar-refractivity contribution in [3.05, 3.63) is 83.6 Å². The van der Waals surface area contributed by atoms with E-state index >= 15 is 0 Å². The van der Waals surface area contributed by atoms with Gasteiger partial charge in [-0.15, -0.1) is 0 Å². The minimum Gasteiger partial charge on any atom is -0.460 e. The van der Waals surface area contributed by atoms with Crippen LogP contribution in [0.4, 0.5) is 11.5 Å². The normalized spacial score (nSPS) is 10.6. The summed E-state index contributed by atoms with van der Waals surface area (Å²) in [7, 11) is 0. The van der Waals surface area contributed by atoms with E-state index in [0.717, 1.165) is 11.1 Å². The van der Waals surface area contributed by atoms with Crippen molar-refractivity contribution in [2.24, 2.45) is 0 Å². The lowest BCUT2D eigenvalue weighted by Gasteiger charge is -2.11. The van der Waals surface area contributed by atoms with E-state index in [9.17, 15) is 4.79 Å². The lowest BCUT2D eigenvalue weighted by atomic mass is 10.2. The third kappa shape index (κ3) is 4.50. The molecule has 1 heterocycles. The number of aromatic nitrogens is 2. The molecule has 3 aromatic carbocycles. The van der Waals surface area contributed by atoms with Gasteiger partial charge in [0, 0.05) is 16.1 Å². The molecule has 0 aliphatic carbocycles. The minimum atomic E-state index is -0.557. The van der Waals surface area contributed by atoms with Gasteiger partial charge in [0.25, 0.3) is 0 Å². The number of halogens is 1. The first-order valence-electron chi connectivity index (χ1n) is 9.37. The molecule has 30 heavy (non-hydrogen) atoms. The molecule has 0 saturated heterocycles. The van der Waals surface area contributed by atoms with Gasteiger partial charge in [-0.25, -0.2) is 14.8 Å². The molecule has 0 fully saturated rings. The molecule has 1 aromatic heterocycles. The summed E-state index contributed by atoms with van der Waals surface area (Å²) < 4.78 is 10.9. The summed E-state index contributed by atoms with van der Waals surface area (Å²) in [5.41, 5.74) is 1.44. The Kier molecular flexibility index (Phi) is 5.77. The fraction of sp³-hybridized carbons (Fsp3) is 0.0870. The van der Waals surface area contributed by atoms with E-state index in [-0.39, 0.29) is 12.4 Å². The molecule has 0 amide bonds. The van der Waals surface area contributed by atoms with Crippen molar-refractivity contribution in [3.8, 4) is 11.5 Å². The van der Waals surface area contributed by atoms with Gasteiger partial charge in [0.05, 0.1) is 12.1 Å². The van der Waals surface area contributed by atoms with Gasteiger partial charge in [-0.1, -0.05) is 23.7 Å². The zero-order chi connectivity index (χ0) is 20.9. The van der Waals surface area contributed by atoms with Gasteiger partial charge in [-0.05, 0) is 67.6 Å². The first-order chi connectivity index (χ1) is 14.6. The summed E-state index contributed by atoms with van der Waals surface area (Å²) >= 11 is 5.90. The van der Waals surface area contributed by atoms with Gasteiger partial charge in [-0.3, -0.25) is 0 Å². The van der Waals surface area contributed by atoms with Crippen molar-refractivity contribution >= 4 is 40.0 Å². The van der Waals surface area contributed by atoms with Gasteiger partial charge in [0.1, 0.15) is 17.3 Å². The number of benzene rings is 3. The Morgan fingerprint density at radius 2 is 1.60 bits per heavy atom. The summed E-state index contributed by atoms with van der Waals surface area (Å²) in [5, 5.41) is 4.70. The van der Waals surface area contributed by atoms with Crippen LogP contribution in [-0.2, 0) is 4.74 Å². The quantitative estimate of drug-likeness (QED) is 0.386. The Balaban J connectivity index is 1.58. The van der Waals surface area contributed by atoms with Gasteiger partial charge in [0.15, 0.2) is 0 Å². The minimum absolute atomic E-state index is 0.0146. The second-order valence-corrected chi connectivity index (χ2v) is 6.78. The molecule has 1 N–H and O–H groups in total. The van der Waals surface area contributed by atoms with Crippen LogP contribution in [0, 0.1) is 0 Å². The maximum absolute atomic E-state index is 12.1. The number of esters is 1. The molecule has 0 aliphatic rings. The van der Waals surface area contributed by atoms with Crippen LogP contribution >= 0.6 is 11.6 Å². The zero-order valence-electron chi connectivity index (χ0n) is 16.1. The molecule has 6 nitrogen and oxygen atoms in total. The number of carbonyl (C=O) groups is 1. The van der Waals surface area contributed by atoms with Crippen molar-refractivity contribution in [2.75, 3.05) is 11.9 Å². The molecule has 0 saturated carbocycles. The van der Waals surface area contributed by atoms with E-state index < -0.39 is 5.97 Å². The average Bonchev–Trinajstić information content (AvgIpc) is 2.77. The third-order valence-corrected chi connectivity index (χ3v) is 4.48. The number of hydrogen-bond donors (Lipinski definition) is 1. The second kappa shape index (κ2) is 8.80. The third-order valence-electron chi connectivity index (χ3n) is 4.23. The molecule has 0 atom stereocenters. The maximum Gasteiger partial charge on any atom is 0.376 e. The van der Waals surface area contributed by atoms with Crippen molar-refractivity contribution in [3.63, 3.8) is 0 Å². The highest BCUT2D eigenvalue weighted by Crippen LogP contribution is 2.27. The average molecular weight is 420 g/mol. The summed E-state index contributed by atoms with van der Waals surface area (Å²) in [4.78, 5) is 20.8. The van der Waals surface area contributed by atoms with Crippen LogP contribution in [-0.4, -0.2) is 22.5 Å². The molecule has 0 unspecified atom stereocenters. The number of carbonyl (C=O) groups excluding carboxylic acids is 1. The van der Waals surface area contributed by atoms with Crippen LogP contribution in [0.25, 0.3) is 10.9 Å². The number of ether oxygens (including phenoxy) is 2. The van der Waals surface area contributed by atoms with Crippen LogP contribution in [0.2, 0.25) is 5.02 Å². The first-order valence-corrected chi connectivity index (χ1v) is 9.74. The first kappa shape index (κ1) is 19.7. The molecular weight excluding hydrogens is 402 g/mol. The largest absolute Gasteiger partial charge is 0.460 e. The van der Waals surface area contributed by atoms with E-state index in [4.69, 9.17) is 21.1 Å². The number of hydrogen-bond acceptors (Lipinski definition) is 6. The van der Waals surface area contributed by atoms with Gasteiger partial charge in [0.2, 0.25) is 5.82 Å². The molecule has 4 aromatic rings. The van der Waals surface area contributed by atoms with E-state index in [1.165, 1.54) is 0 Å². The van der Waals surface area contributed by atoms with Crippen LogP contribution in [0.1, 0.15) is 17.5 Å². The maximum atomic E-state index is 12.1. The van der Waals surface area contributed by atoms with Crippen LogP contribution in [0.15, 0.2) is 72.8 Å². The van der Waals surface area contributed by atoms with Gasteiger partial charge in [-0.2, -0.15) is 0 Å². The van der Waals surface area contributed by atoms with Crippen molar-refractivity contribution in [1.82, 2.24) is 9.97 Å². The Bertz CT molecular complexity index is 1180. The standard InChI is InChI=1S/C23H18ClN3O3/c1-2-29-23(28)22-26-20-6-4-3-5-19(20)21(27-22)25-16-9-13-18(14-10-16)30-17-11-7-15(24)8-12-17/h3-14H,2H2,1H3,(H,25,26,27). The summed E-state index contributed by atoms with van der Waals surface area (Å²) in [5.74, 6) is 1.36. The van der Waals surface area contributed by atoms with Crippen LogP contribution in [0.3, 0.4) is 0 Å². The Hall–Kier alpha value is -3.64. The highest BCUT2D eigenvalue weighted by atomic mass is 35.5. The fourth-order valence-electron chi connectivity index (χ4n) is 2.84. The smallest absolute Gasteiger partial charge is 0.376 e. The number of para-hydroxylation sites is 1. The summed E-state index contributed by atoms with van der Waals surface area (Å²) in [6, 6.07) is 22.0. The Morgan fingerprint density at radius 1 is 0.933 bits per heavy atom. The van der Waals surface area contributed by atoms with E-state index in [1.807, 2.05) is 48.5 Å². The van der Waals surface area contributed by atoms with Crippen molar-refractivity contribution in [1.29, 1.82) is 0 Å². The SMILES string of the molecule is CCOC(=O)c1nc(Nc2ccc(Oc3ccc(Cl)cc3)cc2)c2ccccc2n1. The highest BCUT2D eigenvalue weighted by molar-refractivity contribution is 6.30. The Labute approximate surface area is 178 Å². The second-order valence-electron chi connectivity index (χ2n) is 6.34. The van der Waals surface area contributed by atoms with Crippen LogP contribution in [0.5, 0.6) is 11.5 Å². The summed E-state index contributed by atoms with van der Waals surface area (Å²) in [6.07, 6.45) is 0. The molecule has 4 rings (SSSR count). The van der Waals surface area contributed by atoms with E-state index in [2.05, 4.69) is 15.3 Å².